The third-order valence-electron chi connectivity index (χ3n) is 2.34. The molecular formula is C14H9ClFNO. The third-order valence-corrected chi connectivity index (χ3v) is 2.65. The molecule has 0 amide bonds. The lowest BCUT2D eigenvalue weighted by Crippen LogP contribution is -1.90. The molecule has 0 heterocycles. The van der Waals surface area contributed by atoms with Gasteiger partial charge >= 0.3 is 0 Å². The van der Waals surface area contributed by atoms with Crippen LogP contribution in [0.25, 0.3) is 0 Å². The lowest BCUT2D eigenvalue weighted by Gasteiger charge is -2.07. The van der Waals surface area contributed by atoms with Crippen LogP contribution in [-0.4, -0.2) is 0 Å². The molecule has 4 heteroatoms. The summed E-state index contributed by atoms with van der Waals surface area (Å²) < 4.78 is 19.0. The Morgan fingerprint density at radius 2 is 2.06 bits per heavy atom. The highest BCUT2D eigenvalue weighted by Gasteiger charge is 2.06. The molecular weight excluding hydrogens is 253 g/mol. The topological polar surface area (TPSA) is 33.0 Å². The van der Waals surface area contributed by atoms with Crippen molar-refractivity contribution in [3.8, 4) is 17.6 Å². The molecule has 0 N–H and O–H groups in total. The second kappa shape index (κ2) is 5.52. The average molecular weight is 262 g/mol. The summed E-state index contributed by atoms with van der Waals surface area (Å²) in [7, 11) is 0. The van der Waals surface area contributed by atoms with Crippen molar-refractivity contribution in [3.63, 3.8) is 0 Å². The van der Waals surface area contributed by atoms with Crippen LogP contribution in [0, 0.1) is 17.1 Å². The Hall–Kier alpha value is -2.05. The van der Waals surface area contributed by atoms with Crippen molar-refractivity contribution in [2.75, 3.05) is 0 Å². The standard InChI is InChI=1S/C14H9ClFNO/c15-8-10-2-1-3-12(6-10)18-14-5-4-11(9-17)7-13(14)16/h1-7H,8H2. The highest BCUT2D eigenvalue weighted by Crippen LogP contribution is 2.26. The fraction of sp³-hybridized carbons (Fsp3) is 0.0714. The van der Waals surface area contributed by atoms with E-state index >= 15 is 0 Å². The van der Waals surface area contributed by atoms with Gasteiger partial charge in [0.15, 0.2) is 11.6 Å². The van der Waals surface area contributed by atoms with Gasteiger partial charge < -0.3 is 4.74 Å². The van der Waals surface area contributed by atoms with Gasteiger partial charge in [0.25, 0.3) is 0 Å². The van der Waals surface area contributed by atoms with Gasteiger partial charge in [0.1, 0.15) is 5.75 Å². The molecule has 2 aromatic rings. The molecule has 0 aliphatic rings. The maximum absolute atomic E-state index is 13.6. The van der Waals surface area contributed by atoms with Crippen LogP contribution in [0.4, 0.5) is 4.39 Å². The van der Waals surface area contributed by atoms with Crippen LogP contribution in [-0.2, 0) is 5.88 Å². The summed E-state index contributed by atoms with van der Waals surface area (Å²) in [5.41, 5.74) is 1.15. The number of rotatable bonds is 3. The molecule has 90 valence electrons. The molecule has 0 bridgehead atoms. The first kappa shape index (κ1) is 12.4. The van der Waals surface area contributed by atoms with Gasteiger partial charge in [0.2, 0.25) is 0 Å². The zero-order chi connectivity index (χ0) is 13.0. The lowest BCUT2D eigenvalue weighted by atomic mass is 10.2. The number of hydrogen-bond acceptors (Lipinski definition) is 2. The minimum atomic E-state index is -0.565. The van der Waals surface area contributed by atoms with E-state index in [1.165, 1.54) is 12.1 Å². The van der Waals surface area contributed by atoms with Crippen molar-refractivity contribution in [2.24, 2.45) is 0 Å². The molecule has 0 spiro atoms. The molecule has 0 fully saturated rings. The summed E-state index contributed by atoms with van der Waals surface area (Å²) in [6.07, 6.45) is 0. The monoisotopic (exact) mass is 261 g/mol. The van der Waals surface area contributed by atoms with Crippen molar-refractivity contribution >= 4 is 11.6 Å². The van der Waals surface area contributed by atoms with E-state index in [0.717, 1.165) is 11.6 Å². The van der Waals surface area contributed by atoms with E-state index in [9.17, 15) is 4.39 Å². The molecule has 0 unspecified atom stereocenters. The molecule has 0 aliphatic carbocycles. The summed E-state index contributed by atoms with van der Waals surface area (Å²) in [5, 5.41) is 8.64. The number of benzene rings is 2. The van der Waals surface area contributed by atoms with Gasteiger partial charge in [-0.25, -0.2) is 4.39 Å². The Bertz CT molecular complexity index is 607. The summed E-state index contributed by atoms with van der Waals surface area (Å²) in [4.78, 5) is 0. The highest BCUT2D eigenvalue weighted by molar-refractivity contribution is 6.17. The van der Waals surface area contributed by atoms with E-state index in [-0.39, 0.29) is 11.3 Å². The lowest BCUT2D eigenvalue weighted by molar-refractivity contribution is 0.442. The smallest absolute Gasteiger partial charge is 0.167 e. The number of nitriles is 1. The van der Waals surface area contributed by atoms with Crippen LogP contribution >= 0.6 is 11.6 Å². The second-order valence-electron chi connectivity index (χ2n) is 3.64. The minimum absolute atomic E-state index is 0.0840. The SMILES string of the molecule is N#Cc1ccc(Oc2cccc(CCl)c2)c(F)c1. The van der Waals surface area contributed by atoms with Crippen molar-refractivity contribution in [1.82, 2.24) is 0 Å². The van der Waals surface area contributed by atoms with E-state index < -0.39 is 5.82 Å². The molecule has 0 aromatic heterocycles. The van der Waals surface area contributed by atoms with Crippen molar-refractivity contribution in [1.29, 1.82) is 5.26 Å². The summed E-state index contributed by atoms with van der Waals surface area (Å²) in [5.74, 6) is 0.398. The molecule has 0 saturated heterocycles. The van der Waals surface area contributed by atoms with Crippen molar-refractivity contribution in [2.45, 2.75) is 5.88 Å². The molecule has 2 aromatic carbocycles. The Balaban J connectivity index is 2.26. The summed E-state index contributed by atoms with van der Waals surface area (Å²) >= 11 is 5.71. The van der Waals surface area contributed by atoms with Crippen LogP contribution in [0.1, 0.15) is 11.1 Å². The Morgan fingerprint density at radius 1 is 1.22 bits per heavy atom. The molecule has 2 nitrogen and oxygen atoms in total. The number of nitrogens with zero attached hydrogens (tertiary/aromatic N) is 1. The predicted octanol–water partition coefficient (Wildman–Crippen LogP) is 4.23. The average Bonchev–Trinajstić information content (AvgIpc) is 2.41. The first-order chi connectivity index (χ1) is 8.72. The molecule has 2 rings (SSSR count). The van der Waals surface area contributed by atoms with Crippen LogP contribution in [0.15, 0.2) is 42.5 Å². The molecule has 0 atom stereocenters. The van der Waals surface area contributed by atoms with Gasteiger partial charge in [-0.05, 0) is 35.9 Å². The van der Waals surface area contributed by atoms with E-state index in [4.69, 9.17) is 21.6 Å². The van der Waals surface area contributed by atoms with Crippen molar-refractivity contribution < 1.29 is 9.13 Å². The molecule has 0 radical (unpaired) electrons. The van der Waals surface area contributed by atoms with Crippen LogP contribution in [0.2, 0.25) is 0 Å². The molecule has 0 saturated carbocycles. The first-order valence-electron chi connectivity index (χ1n) is 5.25. The largest absolute Gasteiger partial charge is 0.454 e. The van der Waals surface area contributed by atoms with Crippen LogP contribution in [0.3, 0.4) is 0 Å². The van der Waals surface area contributed by atoms with Gasteiger partial charge in [0.05, 0.1) is 11.6 Å². The van der Waals surface area contributed by atoms with Crippen LogP contribution in [0.5, 0.6) is 11.5 Å². The van der Waals surface area contributed by atoms with Crippen molar-refractivity contribution in [3.05, 3.63) is 59.4 Å². The quantitative estimate of drug-likeness (QED) is 0.775. The zero-order valence-electron chi connectivity index (χ0n) is 9.36. The van der Waals surface area contributed by atoms with E-state index in [0.29, 0.717) is 11.6 Å². The maximum atomic E-state index is 13.6. The Labute approximate surface area is 109 Å². The molecule has 18 heavy (non-hydrogen) atoms. The van der Waals surface area contributed by atoms with Crippen LogP contribution < -0.4 is 4.74 Å². The number of halogens is 2. The van der Waals surface area contributed by atoms with E-state index in [1.54, 1.807) is 18.2 Å². The van der Waals surface area contributed by atoms with Gasteiger partial charge in [-0.1, -0.05) is 12.1 Å². The Morgan fingerprint density at radius 3 is 2.72 bits per heavy atom. The fourth-order valence-electron chi connectivity index (χ4n) is 1.47. The van der Waals surface area contributed by atoms with Gasteiger partial charge in [-0.15, -0.1) is 11.6 Å². The number of alkyl halides is 1. The second-order valence-corrected chi connectivity index (χ2v) is 3.91. The molecule has 0 aliphatic heterocycles. The van der Waals surface area contributed by atoms with E-state index in [2.05, 4.69) is 0 Å². The fourth-order valence-corrected chi connectivity index (χ4v) is 1.64. The highest BCUT2D eigenvalue weighted by atomic mass is 35.5. The number of ether oxygens (including phenoxy) is 1. The van der Waals surface area contributed by atoms with Gasteiger partial charge in [-0.2, -0.15) is 5.26 Å². The zero-order valence-corrected chi connectivity index (χ0v) is 10.1. The van der Waals surface area contributed by atoms with Gasteiger partial charge in [0, 0.05) is 5.88 Å². The third kappa shape index (κ3) is 2.79. The van der Waals surface area contributed by atoms with Gasteiger partial charge in [-0.3, -0.25) is 0 Å². The predicted molar refractivity (Wildman–Crippen MR) is 67.2 cm³/mol. The maximum Gasteiger partial charge on any atom is 0.167 e. The normalized spacial score (nSPS) is 9.83. The number of hydrogen-bond donors (Lipinski definition) is 0. The first-order valence-corrected chi connectivity index (χ1v) is 5.79. The minimum Gasteiger partial charge on any atom is -0.454 e. The summed E-state index contributed by atoms with van der Waals surface area (Å²) in [6.45, 7) is 0. The van der Waals surface area contributed by atoms with E-state index in [1.807, 2.05) is 12.1 Å². The Kier molecular flexibility index (Phi) is 3.81. The summed E-state index contributed by atoms with van der Waals surface area (Å²) in [6, 6.07) is 13.0.